The summed E-state index contributed by atoms with van der Waals surface area (Å²) in [5, 5.41) is 12.2. The molecule has 0 radical (unpaired) electrons. The molecule has 1 aliphatic carbocycles. The molecular weight excluding hydrogens is 494 g/mol. The maximum Gasteiger partial charge on any atom is 0.225 e. The van der Waals surface area contributed by atoms with Gasteiger partial charge in [-0.15, -0.1) is 0 Å². The van der Waals surface area contributed by atoms with Crippen LogP contribution in [0.3, 0.4) is 0 Å². The second-order valence-corrected chi connectivity index (χ2v) is 9.80. The molecular formula is C22H27BrClN7O. The third-order valence-electron chi connectivity index (χ3n) is 6.25. The monoisotopic (exact) mass is 519 g/mol. The molecule has 0 spiro atoms. The first-order valence-electron chi connectivity index (χ1n) is 10.7. The van der Waals surface area contributed by atoms with E-state index in [4.69, 9.17) is 22.3 Å². The van der Waals surface area contributed by atoms with Gasteiger partial charge in [0.1, 0.15) is 4.60 Å². The molecule has 10 heteroatoms. The molecule has 1 unspecified atom stereocenters. The van der Waals surface area contributed by atoms with Crippen molar-refractivity contribution in [3.8, 4) is 5.69 Å². The summed E-state index contributed by atoms with van der Waals surface area (Å²) in [4.78, 5) is 21.5. The number of halogens is 2. The minimum absolute atomic E-state index is 0.0715. The van der Waals surface area contributed by atoms with Gasteiger partial charge in [-0.2, -0.15) is 10.1 Å². The van der Waals surface area contributed by atoms with Gasteiger partial charge in [0.05, 0.1) is 11.1 Å². The Morgan fingerprint density at radius 3 is 2.94 bits per heavy atom. The molecule has 1 aliphatic rings. The number of hydrogen-bond acceptors (Lipinski definition) is 6. The first-order chi connectivity index (χ1) is 15.2. The van der Waals surface area contributed by atoms with Crippen LogP contribution in [0, 0.1) is 5.41 Å². The van der Waals surface area contributed by atoms with Crippen LogP contribution >= 0.6 is 27.5 Å². The van der Waals surface area contributed by atoms with Crippen LogP contribution in [0.4, 0.5) is 5.95 Å². The van der Waals surface area contributed by atoms with Crippen LogP contribution < -0.4 is 16.4 Å². The number of carbonyl (C=O) groups excluding carboxylic acids is 1. The van der Waals surface area contributed by atoms with Crippen molar-refractivity contribution in [2.45, 2.75) is 51.6 Å². The summed E-state index contributed by atoms with van der Waals surface area (Å²) in [5.74, 6) is 0.576. The first-order valence-corrected chi connectivity index (χ1v) is 11.9. The lowest BCUT2D eigenvalue weighted by Gasteiger charge is -2.22. The summed E-state index contributed by atoms with van der Waals surface area (Å²) >= 11 is 9.89. The molecule has 3 atom stereocenters. The molecule has 3 aromatic rings. The molecule has 4 N–H and O–H groups in total. The lowest BCUT2D eigenvalue weighted by molar-refractivity contribution is -0.129. The van der Waals surface area contributed by atoms with Crippen LogP contribution in [0.1, 0.15) is 51.1 Å². The molecule has 32 heavy (non-hydrogen) atoms. The Bertz CT molecular complexity index is 1170. The fourth-order valence-electron chi connectivity index (χ4n) is 4.34. The molecule has 2 aromatic heterocycles. The van der Waals surface area contributed by atoms with E-state index in [1.807, 2.05) is 32.0 Å². The van der Waals surface area contributed by atoms with E-state index >= 15 is 0 Å². The minimum Gasteiger partial charge on any atom is -0.359 e. The normalized spacial score (nSPS) is 21.6. The average Bonchev–Trinajstić information content (AvgIpc) is 3.32. The predicted octanol–water partition coefficient (Wildman–Crippen LogP) is 4.36. The summed E-state index contributed by atoms with van der Waals surface area (Å²) in [7, 11) is 1.68. The van der Waals surface area contributed by atoms with E-state index in [1.54, 1.807) is 17.9 Å². The summed E-state index contributed by atoms with van der Waals surface area (Å²) in [5.41, 5.74) is 8.24. The van der Waals surface area contributed by atoms with Crippen LogP contribution in [-0.4, -0.2) is 38.7 Å². The topological polar surface area (TPSA) is 111 Å². The van der Waals surface area contributed by atoms with Gasteiger partial charge in [-0.1, -0.05) is 25.4 Å². The summed E-state index contributed by atoms with van der Waals surface area (Å²) in [6, 6.07) is 5.72. The number of nitrogens with two attached hydrogens (primary N) is 1. The molecule has 0 saturated heterocycles. The minimum atomic E-state index is -0.378. The van der Waals surface area contributed by atoms with Crippen molar-refractivity contribution in [2.75, 3.05) is 12.4 Å². The molecule has 1 amide bonds. The van der Waals surface area contributed by atoms with Crippen LogP contribution in [0.2, 0.25) is 5.02 Å². The lowest BCUT2D eigenvalue weighted by Crippen LogP contribution is -2.35. The summed E-state index contributed by atoms with van der Waals surface area (Å²) in [6.07, 6.45) is 4.97. The van der Waals surface area contributed by atoms with Gasteiger partial charge in [-0.25, -0.2) is 9.67 Å². The standard InChI is InChI=1S/C22H27BrClN7O/c1-4-17(25)12-7-13(24)9-15(8-12)31-19-16(18(23)30-31)11-27-21(29-19)28-14-5-6-22(2,10-14)20(32)26-3/h7-9,11,14,17H,4-6,10,25H2,1-3H3,(H,26,32)(H,27,28,29)/t14-,17?,22-/m1/s1. The molecule has 1 aromatic carbocycles. The van der Waals surface area contributed by atoms with E-state index < -0.39 is 0 Å². The maximum absolute atomic E-state index is 12.2. The van der Waals surface area contributed by atoms with Gasteiger partial charge >= 0.3 is 0 Å². The first kappa shape index (κ1) is 22.9. The molecule has 0 bridgehead atoms. The Morgan fingerprint density at radius 1 is 1.44 bits per heavy atom. The van der Waals surface area contributed by atoms with E-state index in [0.29, 0.717) is 21.2 Å². The molecule has 4 rings (SSSR count). The highest BCUT2D eigenvalue weighted by atomic mass is 79.9. The van der Waals surface area contributed by atoms with Crippen LogP contribution in [-0.2, 0) is 4.79 Å². The third-order valence-corrected chi connectivity index (χ3v) is 7.05. The van der Waals surface area contributed by atoms with E-state index in [9.17, 15) is 4.79 Å². The van der Waals surface area contributed by atoms with Crippen molar-refractivity contribution in [3.63, 3.8) is 0 Å². The number of fused-ring (bicyclic) bond motifs is 1. The van der Waals surface area contributed by atoms with Crippen molar-refractivity contribution in [1.29, 1.82) is 0 Å². The van der Waals surface area contributed by atoms with E-state index in [-0.39, 0.29) is 23.4 Å². The number of anilines is 1. The number of amides is 1. The highest BCUT2D eigenvalue weighted by Crippen LogP contribution is 2.39. The molecule has 0 aliphatic heterocycles. The van der Waals surface area contributed by atoms with Crippen LogP contribution in [0.15, 0.2) is 29.0 Å². The SMILES string of the molecule is CCC(N)c1cc(Cl)cc(-n2nc(Br)c3cnc(N[C@@H]4CC[C@@](C)(C(=O)NC)C4)nc32)c1. The van der Waals surface area contributed by atoms with Crippen LogP contribution in [0.25, 0.3) is 16.7 Å². The Labute approximate surface area is 200 Å². The Hall–Kier alpha value is -2.23. The fourth-order valence-corrected chi connectivity index (χ4v) is 5.02. The van der Waals surface area contributed by atoms with Gasteiger partial charge in [0.2, 0.25) is 11.9 Å². The Kier molecular flexibility index (Phi) is 6.42. The number of carbonyl (C=O) groups is 1. The van der Waals surface area contributed by atoms with Gasteiger partial charge in [0.25, 0.3) is 0 Å². The molecule has 8 nitrogen and oxygen atoms in total. The zero-order chi connectivity index (χ0) is 23.0. The number of rotatable bonds is 6. The highest BCUT2D eigenvalue weighted by Gasteiger charge is 2.40. The van der Waals surface area contributed by atoms with E-state index in [0.717, 1.165) is 42.3 Å². The Balaban J connectivity index is 1.67. The van der Waals surface area contributed by atoms with Gasteiger partial charge in [-0.3, -0.25) is 4.79 Å². The zero-order valence-electron chi connectivity index (χ0n) is 18.3. The highest BCUT2D eigenvalue weighted by molar-refractivity contribution is 9.10. The molecule has 1 fully saturated rings. The van der Waals surface area contributed by atoms with E-state index in [2.05, 4.69) is 36.6 Å². The lowest BCUT2D eigenvalue weighted by atomic mass is 9.87. The third kappa shape index (κ3) is 4.33. The van der Waals surface area contributed by atoms with Crippen molar-refractivity contribution in [3.05, 3.63) is 39.6 Å². The van der Waals surface area contributed by atoms with Crippen molar-refractivity contribution in [1.82, 2.24) is 25.1 Å². The van der Waals surface area contributed by atoms with Gasteiger partial charge in [0.15, 0.2) is 5.65 Å². The van der Waals surface area contributed by atoms with Gasteiger partial charge < -0.3 is 16.4 Å². The maximum atomic E-state index is 12.2. The number of nitrogens with one attached hydrogen (secondary N) is 2. The smallest absolute Gasteiger partial charge is 0.225 e. The number of nitrogens with zero attached hydrogens (tertiary/aromatic N) is 4. The summed E-state index contributed by atoms with van der Waals surface area (Å²) in [6.45, 7) is 4.04. The molecule has 2 heterocycles. The number of benzene rings is 1. The summed E-state index contributed by atoms with van der Waals surface area (Å²) < 4.78 is 2.39. The van der Waals surface area contributed by atoms with Gasteiger partial charge in [-0.05, 0) is 65.4 Å². The number of hydrogen-bond donors (Lipinski definition) is 3. The second kappa shape index (κ2) is 8.96. The Morgan fingerprint density at radius 2 is 2.22 bits per heavy atom. The molecule has 170 valence electrons. The van der Waals surface area contributed by atoms with Crippen molar-refractivity contribution in [2.24, 2.45) is 11.1 Å². The quantitative estimate of drug-likeness (QED) is 0.445. The van der Waals surface area contributed by atoms with Gasteiger partial charge in [0, 0.05) is 35.8 Å². The predicted molar refractivity (Wildman–Crippen MR) is 130 cm³/mol. The van der Waals surface area contributed by atoms with E-state index in [1.165, 1.54) is 0 Å². The number of aromatic nitrogens is 4. The zero-order valence-corrected chi connectivity index (χ0v) is 20.7. The van der Waals surface area contributed by atoms with Crippen LogP contribution in [0.5, 0.6) is 0 Å². The second-order valence-electron chi connectivity index (χ2n) is 8.61. The largest absolute Gasteiger partial charge is 0.359 e. The van der Waals surface area contributed by atoms with Crippen molar-refractivity contribution < 1.29 is 4.79 Å². The fraction of sp³-hybridized carbons (Fsp3) is 0.455. The molecule has 1 saturated carbocycles. The van der Waals surface area contributed by atoms with Crippen molar-refractivity contribution >= 4 is 50.4 Å². The average molecular weight is 521 g/mol.